The van der Waals surface area contributed by atoms with Crippen molar-refractivity contribution >= 4 is 17.3 Å². The molecule has 4 aliphatic carbocycles. The smallest absolute Gasteiger partial charge is 0.209 e. The van der Waals surface area contributed by atoms with Gasteiger partial charge in [0.1, 0.15) is 22.8 Å². The van der Waals surface area contributed by atoms with E-state index in [-0.39, 0.29) is 35.0 Å². The van der Waals surface area contributed by atoms with Gasteiger partial charge in [0.2, 0.25) is 5.78 Å². The Balaban J connectivity index is 1.70. The molecule has 1 fully saturated rings. The molecule has 4 aliphatic rings. The minimum absolute atomic E-state index is 0.0981. The summed E-state index contributed by atoms with van der Waals surface area (Å²) in [6.45, 7) is 10.6. The van der Waals surface area contributed by atoms with E-state index in [9.17, 15) is 34.8 Å². The quantitative estimate of drug-likeness (QED) is 0.353. The van der Waals surface area contributed by atoms with E-state index in [1.807, 2.05) is 26.8 Å². The topological polar surface area (TPSA) is 132 Å². The Kier molecular flexibility index (Phi) is 6.65. The van der Waals surface area contributed by atoms with Crippen molar-refractivity contribution in [2.45, 2.75) is 92.1 Å². The number of fused-ring (bicyclic) bond motifs is 3. The van der Waals surface area contributed by atoms with Gasteiger partial charge in [-0.25, -0.2) is 0 Å². The van der Waals surface area contributed by atoms with Crippen LogP contribution in [0, 0.1) is 34.5 Å². The number of carbonyl (C=O) groups is 3. The van der Waals surface area contributed by atoms with E-state index >= 15 is 0 Å². The molecule has 7 heteroatoms. The molecule has 0 aromatic heterocycles. The van der Waals surface area contributed by atoms with Crippen molar-refractivity contribution in [3.8, 4) is 5.75 Å². The molecule has 0 radical (unpaired) electrons. The number of carbonyl (C=O) groups excluding carboxylic acids is 3. The summed E-state index contributed by atoms with van der Waals surface area (Å²) in [5.74, 6) is -3.66. The van der Waals surface area contributed by atoms with Crippen LogP contribution in [0.2, 0.25) is 0 Å². The molecule has 0 saturated heterocycles. The lowest BCUT2D eigenvalue weighted by Gasteiger charge is -2.59. The minimum atomic E-state index is -2.58. The number of aliphatic hydroxyl groups is 3. The highest BCUT2D eigenvalue weighted by molar-refractivity contribution is 6.25. The van der Waals surface area contributed by atoms with E-state index in [1.165, 1.54) is 18.9 Å². The summed E-state index contributed by atoms with van der Waals surface area (Å²) < 4.78 is 0. The van der Waals surface area contributed by atoms with E-state index in [0.29, 0.717) is 18.3 Å². The van der Waals surface area contributed by atoms with Gasteiger partial charge in [0.15, 0.2) is 17.2 Å². The maximum atomic E-state index is 14.2. The fraction of sp³-hybridized carbons (Fsp3) is 0.606. The maximum Gasteiger partial charge on any atom is 0.209 e. The lowest BCUT2D eigenvalue weighted by Crippen LogP contribution is -2.67. The van der Waals surface area contributed by atoms with Crippen molar-refractivity contribution in [1.82, 2.24) is 0 Å². The number of hydrogen-bond acceptors (Lipinski definition) is 7. The standard InChI is InChI=1S/C33H42O7/c1-16(2)25-27(36)23(18(4)34)29(38)33(40)30(39)26-28(37)24-21(14-31(26,5)15-32(25,33)6)20(11-12-22(24)35)13-19-9-7-17(3)8-10-19/h11-12,16-17,19,25,35-36,39-40H,7-10,13-15H2,1-6H3/t17?,19?,25?,31-,32-,33+/m1/s1. The van der Waals surface area contributed by atoms with Crippen LogP contribution < -0.4 is 0 Å². The van der Waals surface area contributed by atoms with E-state index in [2.05, 4.69) is 6.92 Å². The van der Waals surface area contributed by atoms with Crippen molar-refractivity contribution in [2.24, 2.45) is 34.5 Å². The van der Waals surface area contributed by atoms with E-state index in [4.69, 9.17) is 0 Å². The predicted octanol–water partition coefficient (Wildman–Crippen LogP) is 5.72. The first-order valence-corrected chi connectivity index (χ1v) is 14.6. The number of aliphatic hydroxyl groups excluding tert-OH is 2. The summed E-state index contributed by atoms with van der Waals surface area (Å²) in [5.41, 5.74) is -3.73. The van der Waals surface area contributed by atoms with Gasteiger partial charge in [-0.2, -0.15) is 0 Å². The molecule has 0 amide bonds. The van der Waals surface area contributed by atoms with Crippen LogP contribution in [-0.2, 0) is 22.4 Å². The monoisotopic (exact) mass is 550 g/mol. The van der Waals surface area contributed by atoms with Gasteiger partial charge in [0, 0.05) is 22.3 Å². The second-order valence-corrected chi connectivity index (χ2v) is 13.9. The Morgan fingerprint density at radius 3 is 2.25 bits per heavy atom. The molecular formula is C33H42O7. The number of phenolic OH excluding ortho intramolecular Hbond substituents is 1. The number of ketones is 3. The average molecular weight is 551 g/mol. The first-order chi connectivity index (χ1) is 18.6. The second kappa shape index (κ2) is 9.30. The van der Waals surface area contributed by atoms with Crippen molar-refractivity contribution < 1.29 is 34.8 Å². The van der Waals surface area contributed by atoms with Gasteiger partial charge in [0.25, 0.3) is 0 Å². The predicted molar refractivity (Wildman–Crippen MR) is 150 cm³/mol. The van der Waals surface area contributed by atoms with E-state index in [1.54, 1.807) is 6.92 Å². The Hall–Kier alpha value is -2.93. The first-order valence-electron chi connectivity index (χ1n) is 14.6. The number of benzene rings is 1. The molecule has 1 unspecified atom stereocenters. The molecule has 1 aromatic carbocycles. The summed E-state index contributed by atoms with van der Waals surface area (Å²) in [5, 5.41) is 46.1. The van der Waals surface area contributed by atoms with Gasteiger partial charge in [0.05, 0.1) is 5.56 Å². The van der Waals surface area contributed by atoms with Crippen LogP contribution in [0.4, 0.5) is 0 Å². The Morgan fingerprint density at radius 1 is 1.05 bits per heavy atom. The molecule has 1 aromatic rings. The Labute approximate surface area is 236 Å². The molecule has 0 heterocycles. The summed E-state index contributed by atoms with van der Waals surface area (Å²) in [4.78, 5) is 40.4. The SMILES string of the molecule is CC(=O)C1=C(O)C(C(C)C)[C@@]2(C)C[C@@]3(C)Cc4c(CC5CCC(C)CC5)ccc(O)c4C(=O)C3=C(O)[C@@]2(O)C1=O. The van der Waals surface area contributed by atoms with Crippen LogP contribution >= 0.6 is 0 Å². The van der Waals surface area contributed by atoms with Crippen LogP contribution in [0.3, 0.4) is 0 Å². The van der Waals surface area contributed by atoms with Gasteiger partial charge < -0.3 is 20.4 Å². The van der Waals surface area contributed by atoms with Crippen molar-refractivity contribution in [2.75, 3.05) is 0 Å². The molecule has 4 N–H and O–H groups in total. The third-order valence-corrected chi connectivity index (χ3v) is 10.6. The molecule has 216 valence electrons. The van der Waals surface area contributed by atoms with Crippen molar-refractivity contribution in [3.63, 3.8) is 0 Å². The van der Waals surface area contributed by atoms with Crippen molar-refractivity contribution in [3.05, 3.63) is 51.5 Å². The third-order valence-electron chi connectivity index (χ3n) is 10.6. The molecular weight excluding hydrogens is 508 g/mol. The Bertz CT molecular complexity index is 1380. The van der Waals surface area contributed by atoms with Crippen LogP contribution in [0.1, 0.15) is 95.1 Å². The molecule has 40 heavy (non-hydrogen) atoms. The zero-order chi connectivity index (χ0) is 29.5. The summed E-state index contributed by atoms with van der Waals surface area (Å²) >= 11 is 0. The largest absolute Gasteiger partial charge is 0.511 e. The number of phenols is 1. The third kappa shape index (κ3) is 3.76. The maximum absolute atomic E-state index is 14.2. The Morgan fingerprint density at radius 2 is 1.68 bits per heavy atom. The fourth-order valence-corrected chi connectivity index (χ4v) is 8.83. The summed E-state index contributed by atoms with van der Waals surface area (Å²) in [6.07, 6.45) is 5.80. The fourth-order valence-electron chi connectivity index (χ4n) is 8.83. The van der Waals surface area contributed by atoms with Crippen LogP contribution in [-0.4, -0.2) is 43.4 Å². The van der Waals surface area contributed by atoms with Gasteiger partial charge in [-0.15, -0.1) is 0 Å². The zero-order valence-electron chi connectivity index (χ0n) is 24.4. The number of rotatable bonds is 4. The number of aromatic hydroxyl groups is 1. The number of allylic oxidation sites excluding steroid dienone is 2. The molecule has 5 rings (SSSR count). The highest BCUT2D eigenvalue weighted by atomic mass is 16.3. The van der Waals surface area contributed by atoms with Gasteiger partial charge in [-0.3, -0.25) is 14.4 Å². The molecule has 4 atom stereocenters. The first kappa shape index (κ1) is 28.6. The lowest BCUT2D eigenvalue weighted by molar-refractivity contribution is -0.171. The molecule has 7 nitrogen and oxygen atoms in total. The lowest BCUT2D eigenvalue weighted by atomic mass is 9.44. The van der Waals surface area contributed by atoms with Gasteiger partial charge in [-0.1, -0.05) is 53.5 Å². The van der Waals surface area contributed by atoms with Crippen LogP contribution in [0.5, 0.6) is 5.75 Å². The van der Waals surface area contributed by atoms with Crippen LogP contribution in [0.25, 0.3) is 0 Å². The van der Waals surface area contributed by atoms with Gasteiger partial charge >= 0.3 is 0 Å². The minimum Gasteiger partial charge on any atom is -0.511 e. The van der Waals surface area contributed by atoms with Gasteiger partial charge in [-0.05, 0) is 74.0 Å². The molecule has 0 spiro atoms. The highest BCUT2D eigenvalue weighted by Crippen LogP contribution is 2.65. The highest BCUT2D eigenvalue weighted by Gasteiger charge is 2.71. The summed E-state index contributed by atoms with van der Waals surface area (Å²) in [6, 6.07) is 3.42. The van der Waals surface area contributed by atoms with Crippen LogP contribution in [0.15, 0.2) is 34.8 Å². The molecule has 0 aliphatic heterocycles. The number of Topliss-reactive ketones (excluding diaryl/α,β-unsaturated/α-hetero) is 3. The molecule has 1 saturated carbocycles. The second-order valence-electron chi connectivity index (χ2n) is 13.9. The summed E-state index contributed by atoms with van der Waals surface area (Å²) in [7, 11) is 0. The van der Waals surface area contributed by atoms with E-state index in [0.717, 1.165) is 37.3 Å². The van der Waals surface area contributed by atoms with E-state index < -0.39 is 51.0 Å². The zero-order valence-corrected chi connectivity index (χ0v) is 24.4. The number of hydrogen-bond donors (Lipinski definition) is 4. The normalized spacial score (nSPS) is 36.0. The van der Waals surface area contributed by atoms with Crippen molar-refractivity contribution in [1.29, 1.82) is 0 Å². The average Bonchev–Trinajstić information content (AvgIpc) is 2.84. The molecule has 0 bridgehead atoms.